The number of nitrogens with one attached hydrogen (secondary N) is 1. The van der Waals surface area contributed by atoms with Crippen LogP contribution in [-0.4, -0.2) is 16.3 Å². The molecule has 1 N–H and O–H groups in total. The first-order valence-corrected chi connectivity index (χ1v) is 8.05. The maximum Gasteiger partial charge on any atom is 0.0798 e. The van der Waals surface area contributed by atoms with E-state index in [0.717, 1.165) is 30.3 Å². The molecule has 1 heterocycles. The van der Waals surface area contributed by atoms with Crippen molar-refractivity contribution in [3.63, 3.8) is 0 Å². The van der Waals surface area contributed by atoms with Crippen molar-refractivity contribution < 1.29 is 0 Å². The largest absolute Gasteiger partial charge is 0.309 e. The van der Waals surface area contributed by atoms with Crippen molar-refractivity contribution in [1.29, 1.82) is 0 Å². The maximum atomic E-state index is 4.75. The molecular weight excluding hydrogens is 258 g/mol. The van der Waals surface area contributed by atoms with Crippen molar-refractivity contribution in [3.8, 4) is 5.69 Å². The smallest absolute Gasteiger partial charge is 0.0798 e. The molecule has 2 rings (SSSR count). The third-order valence-corrected chi connectivity index (χ3v) is 3.71. The van der Waals surface area contributed by atoms with Crippen LogP contribution in [-0.2, 0) is 0 Å². The Kier molecular flexibility index (Phi) is 6.00. The fraction of sp³-hybridized carbons (Fsp3) is 0.500. The Hall–Kier alpha value is -1.61. The van der Waals surface area contributed by atoms with Gasteiger partial charge in [0, 0.05) is 6.20 Å². The van der Waals surface area contributed by atoms with Gasteiger partial charge in [-0.3, -0.25) is 0 Å². The van der Waals surface area contributed by atoms with Gasteiger partial charge in [0.2, 0.25) is 0 Å². The minimum atomic E-state index is 0.360. The van der Waals surface area contributed by atoms with E-state index in [9.17, 15) is 0 Å². The van der Waals surface area contributed by atoms with Crippen molar-refractivity contribution in [2.45, 2.75) is 46.1 Å². The number of nitrogens with zero attached hydrogens (tertiary/aromatic N) is 2. The van der Waals surface area contributed by atoms with Gasteiger partial charge < -0.3 is 5.32 Å². The van der Waals surface area contributed by atoms with E-state index >= 15 is 0 Å². The van der Waals surface area contributed by atoms with E-state index in [0.29, 0.717) is 6.04 Å². The topological polar surface area (TPSA) is 29.9 Å². The molecule has 0 spiro atoms. The van der Waals surface area contributed by atoms with E-state index in [1.54, 1.807) is 0 Å². The van der Waals surface area contributed by atoms with Crippen molar-refractivity contribution >= 4 is 0 Å². The minimum absolute atomic E-state index is 0.360. The molecule has 0 saturated heterocycles. The predicted octanol–water partition coefficient (Wildman–Crippen LogP) is 4.35. The van der Waals surface area contributed by atoms with Gasteiger partial charge in [-0.15, -0.1) is 0 Å². The fourth-order valence-corrected chi connectivity index (χ4v) is 2.58. The van der Waals surface area contributed by atoms with Gasteiger partial charge in [-0.1, -0.05) is 51.8 Å². The number of hydrogen-bond donors (Lipinski definition) is 1. The Labute approximate surface area is 128 Å². The summed E-state index contributed by atoms with van der Waals surface area (Å²) in [4.78, 5) is 0. The molecule has 0 aliphatic carbocycles. The van der Waals surface area contributed by atoms with Crippen LogP contribution in [0, 0.1) is 5.92 Å². The number of hydrogen-bond acceptors (Lipinski definition) is 2. The highest BCUT2D eigenvalue weighted by molar-refractivity contribution is 5.30. The molecule has 0 amide bonds. The first-order valence-electron chi connectivity index (χ1n) is 8.05. The Morgan fingerprint density at radius 1 is 1.10 bits per heavy atom. The third-order valence-electron chi connectivity index (χ3n) is 3.71. The van der Waals surface area contributed by atoms with E-state index < -0.39 is 0 Å². The summed E-state index contributed by atoms with van der Waals surface area (Å²) in [6.07, 6.45) is 5.73. The number of para-hydroxylation sites is 1. The summed E-state index contributed by atoms with van der Waals surface area (Å²) in [5, 5.41) is 8.31. The lowest BCUT2D eigenvalue weighted by molar-refractivity contribution is 0.447. The highest BCUT2D eigenvalue weighted by atomic mass is 15.3. The first-order chi connectivity index (χ1) is 10.2. The summed E-state index contributed by atoms with van der Waals surface area (Å²) in [5.74, 6) is 0.772. The highest BCUT2D eigenvalue weighted by Crippen LogP contribution is 2.20. The summed E-state index contributed by atoms with van der Waals surface area (Å²) in [7, 11) is 0. The molecular formula is C18H27N3. The SMILES string of the molecule is CCNC(CCCC(C)C)c1ccn(-c2ccccc2)n1. The molecule has 3 heteroatoms. The van der Waals surface area contributed by atoms with Crippen LogP contribution in [0.1, 0.15) is 51.8 Å². The summed E-state index contributed by atoms with van der Waals surface area (Å²) < 4.78 is 1.96. The molecule has 1 unspecified atom stereocenters. The molecule has 3 nitrogen and oxygen atoms in total. The molecule has 1 aromatic heterocycles. The molecule has 2 aromatic rings. The van der Waals surface area contributed by atoms with Gasteiger partial charge in [-0.25, -0.2) is 4.68 Å². The average Bonchev–Trinajstić information content (AvgIpc) is 2.97. The van der Waals surface area contributed by atoms with E-state index in [1.807, 2.05) is 22.9 Å². The van der Waals surface area contributed by atoms with Gasteiger partial charge in [0.05, 0.1) is 17.4 Å². The summed E-state index contributed by atoms with van der Waals surface area (Å²) in [5.41, 5.74) is 2.26. The van der Waals surface area contributed by atoms with Crippen LogP contribution in [0.3, 0.4) is 0 Å². The molecule has 114 valence electrons. The van der Waals surface area contributed by atoms with Gasteiger partial charge in [0.1, 0.15) is 0 Å². The van der Waals surface area contributed by atoms with Crippen LogP contribution < -0.4 is 5.32 Å². The summed E-state index contributed by atoms with van der Waals surface area (Å²) in [6.45, 7) is 7.70. The van der Waals surface area contributed by atoms with Gasteiger partial charge in [0.25, 0.3) is 0 Å². The van der Waals surface area contributed by atoms with Crippen LogP contribution in [0.15, 0.2) is 42.6 Å². The van der Waals surface area contributed by atoms with Crippen molar-refractivity contribution in [3.05, 3.63) is 48.3 Å². The standard InChI is InChI=1S/C18H27N3/c1-4-19-17(12-8-9-15(2)3)18-13-14-21(20-18)16-10-6-5-7-11-16/h5-7,10-11,13-15,17,19H,4,8-9,12H2,1-3H3. The van der Waals surface area contributed by atoms with Gasteiger partial charge in [0.15, 0.2) is 0 Å². The summed E-state index contributed by atoms with van der Waals surface area (Å²) in [6, 6.07) is 12.8. The Morgan fingerprint density at radius 3 is 2.52 bits per heavy atom. The molecule has 1 atom stereocenters. The highest BCUT2D eigenvalue weighted by Gasteiger charge is 2.13. The first kappa shape index (κ1) is 15.8. The number of rotatable bonds is 8. The third kappa shape index (κ3) is 4.71. The van der Waals surface area contributed by atoms with Crippen LogP contribution in [0.5, 0.6) is 0 Å². The second kappa shape index (κ2) is 7.99. The minimum Gasteiger partial charge on any atom is -0.309 e. The van der Waals surface area contributed by atoms with Gasteiger partial charge in [-0.05, 0) is 37.1 Å². The molecule has 0 radical (unpaired) electrons. The van der Waals surface area contributed by atoms with Gasteiger partial charge in [-0.2, -0.15) is 5.10 Å². The molecule has 0 bridgehead atoms. The van der Waals surface area contributed by atoms with Crippen molar-refractivity contribution in [2.24, 2.45) is 5.92 Å². The Bertz CT molecular complexity index is 516. The maximum absolute atomic E-state index is 4.75. The molecule has 0 aliphatic heterocycles. The second-order valence-corrected chi connectivity index (χ2v) is 5.96. The van der Waals surface area contributed by atoms with Crippen LogP contribution >= 0.6 is 0 Å². The monoisotopic (exact) mass is 285 g/mol. The zero-order valence-corrected chi connectivity index (χ0v) is 13.4. The van der Waals surface area contributed by atoms with E-state index in [-0.39, 0.29) is 0 Å². The molecule has 1 aromatic carbocycles. The summed E-state index contributed by atoms with van der Waals surface area (Å²) >= 11 is 0. The van der Waals surface area contributed by atoms with E-state index in [4.69, 9.17) is 5.10 Å². The zero-order chi connectivity index (χ0) is 15.1. The number of benzene rings is 1. The lowest BCUT2D eigenvalue weighted by atomic mass is 10.0. The normalized spacial score (nSPS) is 12.8. The quantitative estimate of drug-likeness (QED) is 0.781. The van der Waals surface area contributed by atoms with Crippen LogP contribution in [0.4, 0.5) is 0 Å². The van der Waals surface area contributed by atoms with Crippen LogP contribution in [0.2, 0.25) is 0 Å². The van der Waals surface area contributed by atoms with Crippen molar-refractivity contribution in [1.82, 2.24) is 15.1 Å². The zero-order valence-electron chi connectivity index (χ0n) is 13.4. The molecule has 0 saturated carbocycles. The average molecular weight is 285 g/mol. The van der Waals surface area contributed by atoms with E-state index in [2.05, 4.69) is 50.5 Å². The predicted molar refractivity (Wildman–Crippen MR) is 88.7 cm³/mol. The molecule has 21 heavy (non-hydrogen) atoms. The molecule has 0 fully saturated rings. The second-order valence-electron chi connectivity index (χ2n) is 5.96. The number of aromatic nitrogens is 2. The Morgan fingerprint density at radius 2 is 1.86 bits per heavy atom. The van der Waals surface area contributed by atoms with Crippen LogP contribution in [0.25, 0.3) is 5.69 Å². The Balaban J connectivity index is 2.05. The molecule has 0 aliphatic rings. The van der Waals surface area contributed by atoms with Crippen molar-refractivity contribution in [2.75, 3.05) is 6.54 Å². The van der Waals surface area contributed by atoms with Gasteiger partial charge >= 0.3 is 0 Å². The van der Waals surface area contributed by atoms with E-state index in [1.165, 1.54) is 12.8 Å². The lowest BCUT2D eigenvalue weighted by Gasteiger charge is -2.16. The fourth-order valence-electron chi connectivity index (χ4n) is 2.58. The lowest BCUT2D eigenvalue weighted by Crippen LogP contribution is -2.21.